The van der Waals surface area contributed by atoms with Crippen LogP contribution in [0.5, 0.6) is 0 Å². The minimum absolute atomic E-state index is 0.0572. The highest BCUT2D eigenvalue weighted by Crippen LogP contribution is 2.43. The number of hydrogen-bond donors (Lipinski definition) is 1. The van der Waals surface area contributed by atoms with E-state index in [9.17, 15) is 4.39 Å². The van der Waals surface area contributed by atoms with Crippen LogP contribution >= 0.6 is 0 Å². The van der Waals surface area contributed by atoms with Gasteiger partial charge in [-0.1, -0.05) is 27.4 Å². The average Bonchev–Trinajstić information content (AvgIpc) is 2.26. The van der Waals surface area contributed by atoms with Crippen molar-refractivity contribution >= 4 is 0 Å². The van der Waals surface area contributed by atoms with E-state index in [2.05, 4.69) is 39.6 Å². The van der Waals surface area contributed by atoms with Crippen molar-refractivity contribution in [3.05, 3.63) is 24.6 Å². The third-order valence-corrected chi connectivity index (χ3v) is 4.16. The highest BCUT2D eigenvalue weighted by Gasteiger charge is 2.42. The van der Waals surface area contributed by atoms with E-state index in [4.69, 9.17) is 0 Å². The zero-order chi connectivity index (χ0) is 12.1. The van der Waals surface area contributed by atoms with Crippen LogP contribution in [0, 0.1) is 5.41 Å². The van der Waals surface area contributed by atoms with Gasteiger partial charge in [0.15, 0.2) is 0 Å². The Morgan fingerprint density at radius 1 is 1.33 bits per heavy atom. The fourth-order valence-corrected chi connectivity index (χ4v) is 2.07. The van der Waals surface area contributed by atoms with Crippen LogP contribution in [0.15, 0.2) is 24.6 Å². The summed E-state index contributed by atoms with van der Waals surface area (Å²) in [6, 6.07) is 0. The molecule has 1 nitrogen and oxygen atoms in total. The first kappa shape index (κ1) is 14.4. The van der Waals surface area contributed by atoms with Crippen molar-refractivity contribution in [1.29, 1.82) is 0 Å². The summed E-state index contributed by atoms with van der Waals surface area (Å²) in [5.74, 6) is 0. The molecular weight excluding hydrogens is 189 g/mol. The van der Waals surface area contributed by atoms with Crippen LogP contribution < -0.4 is 5.32 Å². The second-order valence-corrected chi connectivity index (χ2v) is 4.44. The Bertz CT molecular complexity index is 241. The fraction of sp³-hybridized carbons (Fsp3) is 0.692. The monoisotopic (exact) mass is 213 g/mol. The lowest BCUT2D eigenvalue weighted by Gasteiger charge is -2.46. The van der Waals surface area contributed by atoms with Gasteiger partial charge in [-0.05, 0) is 38.5 Å². The zero-order valence-electron chi connectivity index (χ0n) is 10.7. The molecule has 2 heteroatoms. The molecule has 0 aliphatic carbocycles. The summed E-state index contributed by atoms with van der Waals surface area (Å²) < 4.78 is 12.2. The van der Waals surface area contributed by atoms with Gasteiger partial charge in [-0.25, -0.2) is 4.39 Å². The molecule has 0 aromatic carbocycles. The Balaban J connectivity index is 5.23. The van der Waals surface area contributed by atoms with Crippen LogP contribution in [0.4, 0.5) is 4.39 Å². The molecule has 0 spiro atoms. The van der Waals surface area contributed by atoms with Gasteiger partial charge in [0.25, 0.3) is 0 Å². The molecule has 2 atom stereocenters. The molecule has 0 fully saturated rings. The van der Waals surface area contributed by atoms with Gasteiger partial charge >= 0.3 is 0 Å². The second-order valence-electron chi connectivity index (χ2n) is 4.44. The smallest absolute Gasteiger partial charge is 0.0869 e. The van der Waals surface area contributed by atoms with Crippen molar-refractivity contribution < 1.29 is 4.39 Å². The first-order chi connectivity index (χ1) is 6.91. The van der Waals surface area contributed by atoms with Gasteiger partial charge in [-0.3, -0.25) is 0 Å². The van der Waals surface area contributed by atoms with Crippen LogP contribution in [-0.4, -0.2) is 12.6 Å². The van der Waals surface area contributed by atoms with E-state index in [0.717, 1.165) is 18.4 Å². The lowest BCUT2D eigenvalue weighted by molar-refractivity contribution is 0.157. The van der Waals surface area contributed by atoms with Gasteiger partial charge in [0.05, 0.1) is 6.33 Å². The molecule has 0 aliphatic rings. The average molecular weight is 213 g/mol. The third kappa shape index (κ3) is 2.49. The van der Waals surface area contributed by atoms with Crippen molar-refractivity contribution in [1.82, 2.24) is 5.32 Å². The highest BCUT2D eigenvalue weighted by atomic mass is 19.1. The lowest BCUT2D eigenvalue weighted by Crippen LogP contribution is -2.53. The molecule has 0 aromatic rings. The van der Waals surface area contributed by atoms with Crippen LogP contribution in [0.2, 0.25) is 0 Å². The van der Waals surface area contributed by atoms with Crippen LogP contribution in [0.25, 0.3) is 0 Å². The maximum absolute atomic E-state index is 12.2. The van der Waals surface area contributed by atoms with Gasteiger partial charge < -0.3 is 5.32 Å². The standard InChI is InChI=1S/C13H24FN/c1-7-12(4,11(3)9-10-14)13(5,8-2)15-6/h9-10,15H,3,7-8H2,1-2,4-6H3/b10-9+. The summed E-state index contributed by atoms with van der Waals surface area (Å²) in [5.41, 5.74) is 0.656. The minimum Gasteiger partial charge on any atom is -0.314 e. The molecule has 2 unspecified atom stereocenters. The molecule has 0 heterocycles. The maximum Gasteiger partial charge on any atom is 0.0869 e. The first-order valence-electron chi connectivity index (χ1n) is 5.57. The Hall–Kier alpha value is -0.630. The predicted molar refractivity (Wildman–Crippen MR) is 65.5 cm³/mol. The van der Waals surface area contributed by atoms with E-state index in [-0.39, 0.29) is 11.0 Å². The normalized spacial score (nSPS) is 19.9. The van der Waals surface area contributed by atoms with Gasteiger partial charge in [0.1, 0.15) is 0 Å². The molecule has 0 radical (unpaired) electrons. The highest BCUT2D eigenvalue weighted by molar-refractivity contribution is 5.27. The molecule has 0 bridgehead atoms. The topological polar surface area (TPSA) is 12.0 Å². The maximum atomic E-state index is 12.2. The van der Waals surface area contributed by atoms with E-state index in [1.807, 2.05) is 7.05 Å². The SMILES string of the molecule is C=C(/C=C/F)C(C)(CC)C(C)(CC)NC. The van der Waals surface area contributed by atoms with E-state index in [1.54, 1.807) is 0 Å². The molecular formula is C13H24FN. The van der Waals surface area contributed by atoms with Gasteiger partial charge in [-0.15, -0.1) is 0 Å². The number of halogens is 1. The number of rotatable bonds is 6. The lowest BCUT2D eigenvalue weighted by atomic mass is 9.64. The molecule has 88 valence electrons. The van der Waals surface area contributed by atoms with Gasteiger partial charge in [0.2, 0.25) is 0 Å². The molecule has 0 aromatic heterocycles. The fourth-order valence-electron chi connectivity index (χ4n) is 2.07. The summed E-state index contributed by atoms with van der Waals surface area (Å²) in [4.78, 5) is 0. The van der Waals surface area contributed by atoms with Gasteiger partial charge in [-0.2, -0.15) is 0 Å². The summed E-state index contributed by atoms with van der Waals surface area (Å²) in [6.45, 7) is 12.5. The number of allylic oxidation sites excluding steroid dienone is 1. The predicted octanol–water partition coefficient (Wildman–Crippen LogP) is 3.83. The molecule has 0 aliphatic heterocycles. The Morgan fingerprint density at radius 3 is 2.13 bits per heavy atom. The van der Waals surface area contributed by atoms with Crippen molar-refractivity contribution in [3.63, 3.8) is 0 Å². The van der Waals surface area contributed by atoms with Crippen LogP contribution in [0.1, 0.15) is 40.5 Å². The summed E-state index contributed by atoms with van der Waals surface area (Å²) in [5, 5.41) is 3.34. The van der Waals surface area contributed by atoms with Crippen LogP contribution in [-0.2, 0) is 0 Å². The first-order valence-corrected chi connectivity index (χ1v) is 5.57. The Morgan fingerprint density at radius 2 is 1.87 bits per heavy atom. The van der Waals surface area contributed by atoms with Crippen LogP contribution in [0.3, 0.4) is 0 Å². The summed E-state index contributed by atoms with van der Waals surface area (Å²) >= 11 is 0. The van der Waals surface area contributed by atoms with E-state index in [0.29, 0.717) is 6.33 Å². The molecule has 1 N–H and O–H groups in total. The molecule has 0 saturated carbocycles. The van der Waals surface area contributed by atoms with Crippen molar-refractivity contribution in [2.24, 2.45) is 5.41 Å². The van der Waals surface area contributed by atoms with Crippen molar-refractivity contribution in [3.8, 4) is 0 Å². The quantitative estimate of drug-likeness (QED) is 0.661. The summed E-state index contributed by atoms with van der Waals surface area (Å²) in [7, 11) is 1.95. The van der Waals surface area contributed by atoms with E-state index in [1.165, 1.54) is 6.08 Å². The van der Waals surface area contributed by atoms with E-state index < -0.39 is 0 Å². The number of hydrogen-bond acceptors (Lipinski definition) is 1. The largest absolute Gasteiger partial charge is 0.314 e. The van der Waals surface area contributed by atoms with Crippen molar-refractivity contribution in [2.45, 2.75) is 46.1 Å². The molecule has 0 rings (SSSR count). The second kappa shape index (κ2) is 5.45. The minimum atomic E-state index is -0.126. The summed E-state index contributed by atoms with van der Waals surface area (Å²) in [6.07, 6.45) is 3.95. The molecule has 0 saturated heterocycles. The molecule has 0 amide bonds. The zero-order valence-corrected chi connectivity index (χ0v) is 10.7. The third-order valence-electron chi connectivity index (χ3n) is 4.16. The Labute approximate surface area is 93.5 Å². The number of nitrogens with one attached hydrogen (secondary N) is 1. The van der Waals surface area contributed by atoms with Gasteiger partial charge in [0, 0.05) is 11.0 Å². The van der Waals surface area contributed by atoms with Crippen molar-refractivity contribution in [2.75, 3.05) is 7.05 Å². The Kier molecular flexibility index (Phi) is 5.22. The van der Waals surface area contributed by atoms with E-state index >= 15 is 0 Å². The molecule has 15 heavy (non-hydrogen) atoms.